The number of hydrogen-bond donors (Lipinski definition) is 0. The molecule has 0 saturated carbocycles. The highest BCUT2D eigenvalue weighted by Gasteiger charge is 2.13. The van der Waals surface area contributed by atoms with Gasteiger partial charge in [-0.25, -0.2) is 4.39 Å². The van der Waals surface area contributed by atoms with E-state index in [1.807, 2.05) is 0 Å². The Kier molecular flexibility index (Phi) is 3.73. The molecule has 0 saturated heterocycles. The van der Waals surface area contributed by atoms with Crippen molar-refractivity contribution in [1.82, 2.24) is 4.90 Å². The Morgan fingerprint density at radius 1 is 1.67 bits per heavy atom. The fraction of sp³-hybridized carbons (Fsp3) is 0.800. The highest BCUT2D eigenvalue weighted by Crippen LogP contribution is 2.13. The molecule has 1 nitrogen and oxygen atoms in total. The second kappa shape index (κ2) is 4.61. The number of rotatable bonds is 3. The van der Waals surface area contributed by atoms with Gasteiger partial charge in [-0.05, 0) is 12.3 Å². The van der Waals surface area contributed by atoms with Gasteiger partial charge in [-0.15, -0.1) is 0 Å². The normalized spacial score (nSPS) is 22.1. The average molecular weight is 171 g/mol. The van der Waals surface area contributed by atoms with E-state index in [0.717, 1.165) is 19.5 Å². The van der Waals surface area contributed by atoms with Gasteiger partial charge < -0.3 is 0 Å². The van der Waals surface area contributed by atoms with Crippen LogP contribution in [0.5, 0.6) is 0 Å². The summed E-state index contributed by atoms with van der Waals surface area (Å²) < 4.78 is 12.8. The average Bonchev–Trinajstić information content (AvgIpc) is 2.04. The van der Waals surface area contributed by atoms with E-state index in [0.29, 0.717) is 12.5 Å². The molecule has 0 aromatic rings. The van der Waals surface area contributed by atoms with Crippen LogP contribution >= 0.6 is 0 Å². The first-order chi connectivity index (χ1) is 5.72. The summed E-state index contributed by atoms with van der Waals surface area (Å²) in [4.78, 5) is 2.20. The first-order valence-corrected chi connectivity index (χ1v) is 4.79. The first kappa shape index (κ1) is 9.72. The molecular formula is C10H18FN. The summed E-state index contributed by atoms with van der Waals surface area (Å²) in [7, 11) is 0. The molecule has 12 heavy (non-hydrogen) atoms. The van der Waals surface area contributed by atoms with Crippen molar-refractivity contribution < 1.29 is 4.39 Å². The highest BCUT2D eigenvalue weighted by molar-refractivity contribution is 4.99. The van der Waals surface area contributed by atoms with E-state index < -0.39 is 0 Å². The molecule has 1 aliphatic heterocycles. The van der Waals surface area contributed by atoms with E-state index in [1.165, 1.54) is 6.42 Å². The third-order valence-corrected chi connectivity index (χ3v) is 2.45. The highest BCUT2D eigenvalue weighted by atomic mass is 19.1. The van der Waals surface area contributed by atoms with Crippen LogP contribution in [0.1, 0.15) is 26.7 Å². The van der Waals surface area contributed by atoms with Gasteiger partial charge in [0.05, 0.1) is 0 Å². The first-order valence-electron chi connectivity index (χ1n) is 4.79. The molecular weight excluding hydrogens is 153 g/mol. The molecule has 1 unspecified atom stereocenters. The maximum atomic E-state index is 12.8. The molecule has 0 aromatic carbocycles. The Morgan fingerprint density at radius 3 is 3.00 bits per heavy atom. The molecule has 0 amide bonds. The van der Waals surface area contributed by atoms with Gasteiger partial charge in [-0.2, -0.15) is 0 Å². The fourth-order valence-electron chi connectivity index (χ4n) is 1.49. The molecule has 0 radical (unpaired) electrons. The Balaban J connectivity index is 2.30. The molecule has 1 rings (SSSR count). The van der Waals surface area contributed by atoms with Crippen LogP contribution in [0.2, 0.25) is 0 Å². The molecule has 0 fully saturated rings. The van der Waals surface area contributed by atoms with Gasteiger partial charge in [0.25, 0.3) is 0 Å². The second-order valence-corrected chi connectivity index (χ2v) is 3.69. The molecule has 1 atom stereocenters. The summed E-state index contributed by atoms with van der Waals surface area (Å²) in [6.45, 7) is 7.00. The van der Waals surface area contributed by atoms with Crippen molar-refractivity contribution in [1.29, 1.82) is 0 Å². The van der Waals surface area contributed by atoms with Crippen LogP contribution in [0.4, 0.5) is 4.39 Å². The molecule has 2 heteroatoms. The maximum Gasteiger partial charge on any atom is 0.110 e. The van der Waals surface area contributed by atoms with E-state index in [-0.39, 0.29) is 5.83 Å². The van der Waals surface area contributed by atoms with E-state index in [1.54, 1.807) is 6.08 Å². The topological polar surface area (TPSA) is 3.24 Å². The summed E-state index contributed by atoms with van der Waals surface area (Å²) in [6, 6.07) is 0. The predicted octanol–water partition coefficient (Wildman–Crippen LogP) is 2.59. The summed E-state index contributed by atoms with van der Waals surface area (Å²) in [6.07, 6.45) is 3.76. The SMILES string of the molecule is CCC(C)CN1CCC=C(F)C1. The fourth-order valence-corrected chi connectivity index (χ4v) is 1.49. The lowest BCUT2D eigenvalue weighted by Gasteiger charge is -2.26. The van der Waals surface area contributed by atoms with Gasteiger partial charge >= 0.3 is 0 Å². The Hall–Kier alpha value is -0.370. The van der Waals surface area contributed by atoms with Crippen LogP contribution in [-0.2, 0) is 0 Å². The third kappa shape index (κ3) is 2.94. The van der Waals surface area contributed by atoms with E-state index in [2.05, 4.69) is 18.7 Å². The number of halogens is 1. The van der Waals surface area contributed by atoms with Crippen LogP contribution in [0, 0.1) is 5.92 Å². The Morgan fingerprint density at radius 2 is 2.42 bits per heavy atom. The molecule has 70 valence electrons. The molecule has 0 aliphatic carbocycles. The lowest BCUT2D eigenvalue weighted by atomic mass is 10.1. The number of nitrogens with zero attached hydrogens (tertiary/aromatic N) is 1. The predicted molar refractivity (Wildman–Crippen MR) is 49.7 cm³/mol. The van der Waals surface area contributed by atoms with Crippen LogP contribution in [0.3, 0.4) is 0 Å². The van der Waals surface area contributed by atoms with Crippen molar-refractivity contribution >= 4 is 0 Å². The standard InChI is InChI=1S/C10H18FN/c1-3-9(2)7-12-6-4-5-10(11)8-12/h5,9H,3-4,6-8H2,1-2H3. The quantitative estimate of drug-likeness (QED) is 0.631. The van der Waals surface area contributed by atoms with Crippen molar-refractivity contribution in [3.05, 3.63) is 11.9 Å². The van der Waals surface area contributed by atoms with Crippen LogP contribution in [0.15, 0.2) is 11.9 Å². The molecule has 1 heterocycles. The zero-order chi connectivity index (χ0) is 8.97. The largest absolute Gasteiger partial charge is 0.296 e. The third-order valence-electron chi connectivity index (χ3n) is 2.45. The molecule has 0 bridgehead atoms. The minimum Gasteiger partial charge on any atom is -0.296 e. The van der Waals surface area contributed by atoms with Crippen molar-refractivity contribution in [3.8, 4) is 0 Å². The van der Waals surface area contributed by atoms with Gasteiger partial charge in [0.2, 0.25) is 0 Å². The maximum absolute atomic E-state index is 12.8. The lowest BCUT2D eigenvalue weighted by Crippen LogP contribution is -2.32. The summed E-state index contributed by atoms with van der Waals surface area (Å²) in [5, 5.41) is 0. The van der Waals surface area contributed by atoms with Gasteiger partial charge in [0.15, 0.2) is 0 Å². The minimum atomic E-state index is 0.0459. The van der Waals surface area contributed by atoms with E-state index >= 15 is 0 Å². The molecule has 0 N–H and O–H groups in total. The molecule has 1 aliphatic rings. The van der Waals surface area contributed by atoms with Crippen molar-refractivity contribution in [2.24, 2.45) is 5.92 Å². The van der Waals surface area contributed by atoms with Crippen LogP contribution in [-0.4, -0.2) is 24.5 Å². The van der Waals surface area contributed by atoms with Gasteiger partial charge in [-0.1, -0.05) is 26.3 Å². The van der Waals surface area contributed by atoms with Crippen molar-refractivity contribution in [3.63, 3.8) is 0 Å². The molecule has 0 spiro atoms. The van der Waals surface area contributed by atoms with E-state index in [9.17, 15) is 4.39 Å². The van der Waals surface area contributed by atoms with Gasteiger partial charge in [-0.3, -0.25) is 4.90 Å². The van der Waals surface area contributed by atoms with Crippen molar-refractivity contribution in [2.75, 3.05) is 19.6 Å². The zero-order valence-electron chi connectivity index (χ0n) is 8.02. The smallest absolute Gasteiger partial charge is 0.110 e. The monoisotopic (exact) mass is 171 g/mol. The van der Waals surface area contributed by atoms with Gasteiger partial charge in [0, 0.05) is 19.6 Å². The minimum absolute atomic E-state index is 0.0459. The zero-order valence-corrected chi connectivity index (χ0v) is 8.02. The Labute approximate surface area is 74.3 Å². The summed E-state index contributed by atoms with van der Waals surface area (Å²) >= 11 is 0. The summed E-state index contributed by atoms with van der Waals surface area (Å²) in [5.74, 6) is 0.737. The molecule has 0 aromatic heterocycles. The number of hydrogen-bond acceptors (Lipinski definition) is 1. The van der Waals surface area contributed by atoms with Crippen LogP contribution < -0.4 is 0 Å². The Bertz CT molecular complexity index is 165. The van der Waals surface area contributed by atoms with Gasteiger partial charge in [0.1, 0.15) is 5.83 Å². The van der Waals surface area contributed by atoms with Crippen LogP contribution in [0.25, 0.3) is 0 Å². The second-order valence-electron chi connectivity index (χ2n) is 3.69. The van der Waals surface area contributed by atoms with E-state index in [4.69, 9.17) is 0 Å². The van der Waals surface area contributed by atoms with Crippen molar-refractivity contribution in [2.45, 2.75) is 26.7 Å². The lowest BCUT2D eigenvalue weighted by molar-refractivity contribution is 0.231. The summed E-state index contributed by atoms with van der Waals surface area (Å²) in [5.41, 5.74) is 0.